The van der Waals surface area contributed by atoms with Gasteiger partial charge >= 0.3 is 0 Å². The fraction of sp³-hybridized carbons (Fsp3) is 0.200. The largest absolute Gasteiger partial charge is 0.496 e. The molecule has 0 saturated carbocycles. The van der Waals surface area contributed by atoms with Gasteiger partial charge in [-0.15, -0.1) is 16.4 Å². The van der Waals surface area contributed by atoms with Crippen molar-refractivity contribution in [3.8, 4) is 17.1 Å². The lowest BCUT2D eigenvalue weighted by atomic mass is 10.2. The number of rotatable bonds is 6. The first kappa shape index (κ1) is 17.7. The van der Waals surface area contributed by atoms with E-state index in [1.54, 1.807) is 25.3 Å². The Morgan fingerprint density at radius 3 is 3.04 bits per heavy atom. The van der Waals surface area contributed by atoms with Crippen molar-refractivity contribution in [2.24, 2.45) is 0 Å². The molecule has 0 radical (unpaired) electrons. The Morgan fingerprint density at radius 1 is 1.44 bits per heavy atom. The topological polar surface area (TPSA) is 92.8 Å². The van der Waals surface area contributed by atoms with Crippen molar-refractivity contribution in [1.29, 1.82) is 0 Å². The van der Waals surface area contributed by atoms with Gasteiger partial charge in [0.15, 0.2) is 11.0 Å². The zero-order chi connectivity index (χ0) is 17.8. The summed E-state index contributed by atoms with van der Waals surface area (Å²) in [6.07, 6.45) is 0. The normalized spacial score (nSPS) is 10.7. The summed E-state index contributed by atoms with van der Waals surface area (Å²) in [5.74, 6) is 1.71. The SMILES string of the molecule is COc1ccc(Cl)cc1-c1nc(SCc2csc(NC(C)=O)n2)n[nH]1. The molecule has 1 amide bonds. The number of anilines is 1. The molecule has 0 fully saturated rings. The van der Waals surface area contributed by atoms with E-state index >= 15 is 0 Å². The summed E-state index contributed by atoms with van der Waals surface area (Å²) in [6, 6.07) is 5.31. The zero-order valence-electron chi connectivity index (χ0n) is 13.4. The van der Waals surface area contributed by atoms with Crippen LogP contribution in [0, 0.1) is 0 Å². The van der Waals surface area contributed by atoms with Gasteiger partial charge in [0, 0.05) is 23.1 Å². The Kier molecular flexibility index (Phi) is 5.57. The maximum Gasteiger partial charge on any atom is 0.223 e. The van der Waals surface area contributed by atoms with Crippen molar-refractivity contribution in [3.05, 3.63) is 34.3 Å². The number of nitrogens with zero attached hydrogens (tertiary/aromatic N) is 3. The number of H-pyrrole nitrogens is 1. The monoisotopic (exact) mass is 395 g/mol. The first-order chi connectivity index (χ1) is 12.0. The number of carbonyl (C=O) groups is 1. The summed E-state index contributed by atoms with van der Waals surface area (Å²) in [4.78, 5) is 19.8. The van der Waals surface area contributed by atoms with Gasteiger partial charge in [-0.3, -0.25) is 9.89 Å². The molecule has 10 heteroatoms. The van der Waals surface area contributed by atoms with Crippen LogP contribution >= 0.6 is 34.7 Å². The number of thiazole rings is 1. The molecular weight excluding hydrogens is 382 g/mol. The number of carbonyl (C=O) groups excluding carboxylic acids is 1. The number of benzene rings is 1. The van der Waals surface area contributed by atoms with Gasteiger partial charge in [-0.25, -0.2) is 9.97 Å². The smallest absolute Gasteiger partial charge is 0.223 e. The molecule has 3 aromatic rings. The highest BCUT2D eigenvalue weighted by Crippen LogP contribution is 2.31. The van der Waals surface area contributed by atoms with Crippen LogP contribution in [0.4, 0.5) is 5.13 Å². The van der Waals surface area contributed by atoms with Gasteiger partial charge in [0.25, 0.3) is 0 Å². The highest BCUT2D eigenvalue weighted by Gasteiger charge is 2.13. The van der Waals surface area contributed by atoms with Crippen LogP contribution in [0.15, 0.2) is 28.7 Å². The number of aromatic nitrogens is 4. The summed E-state index contributed by atoms with van der Waals surface area (Å²) >= 11 is 8.88. The van der Waals surface area contributed by atoms with E-state index in [0.29, 0.717) is 32.6 Å². The Bertz CT molecular complexity index is 896. The lowest BCUT2D eigenvalue weighted by Crippen LogP contribution is -2.05. The summed E-state index contributed by atoms with van der Waals surface area (Å²) in [5.41, 5.74) is 1.60. The second-order valence-electron chi connectivity index (χ2n) is 4.93. The lowest BCUT2D eigenvalue weighted by Gasteiger charge is -2.05. The molecule has 130 valence electrons. The quantitative estimate of drug-likeness (QED) is 0.616. The van der Waals surface area contributed by atoms with Crippen molar-refractivity contribution in [1.82, 2.24) is 20.2 Å². The summed E-state index contributed by atoms with van der Waals surface area (Å²) in [5, 5.41) is 13.4. The number of methoxy groups -OCH3 is 1. The fourth-order valence-electron chi connectivity index (χ4n) is 2.02. The van der Waals surface area contributed by atoms with Crippen LogP contribution in [0.5, 0.6) is 5.75 Å². The Hall–Kier alpha value is -2.10. The minimum Gasteiger partial charge on any atom is -0.496 e. The maximum atomic E-state index is 11.0. The van der Waals surface area contributed by atoms with E-state index < -0.39 is 0 Å². The van der Waals surface area contributed by atoms with Crippen molar-refractivity contribution >= 4 is 45.7 Å². The second kappa shape index (κ2) is 7.85. The van der Waals surface area contributed by atoms with E-state index in [1.165, 1.54) is 30.0 Å². The Morgan fingerprint density at radius 2 is 2.28 bits per heavy atom. The standard InChI is InChI=1S/C15H14ClN5O2S2/c1-8(22)17-14-18-10(6-24-14)7-25-15-19-13(20-21-15)11-5-9(16)3-4-12(11)23-2/h3-6H,7H2,1-2H3,(H,17,18,22)(H,19,20,21). The molecule has 1 aromatic carbocycles. The molecule has 0 spiro atoms. The van der Waals surface area contributed by atoms with Crippen LogP contribution in [-0.4, -0.2) is 33.2 Å². The van der Waals surface area contributed by atoms with Crippen molar-refractivity contribution in [2.75, 3.05) is 12.4 Å². The average Bonchev–Trinajstić information content (AvgIpc) is 3.21. The van der Waals surface area contributed by atoms with E-state index in [4.69, 9.17) is 16.3 Å². The van der Waals surface area contributed by atoms with Crippen LogP contribution in [0.2, 0.25) is 5.02 Å². The number of ether oxygens (including phenoxy) is 1. The molecule has 2 heterocycles. The molecule has 3 rings (SSSR count). The minimum absolute atomic E-state index is 0.136. The van der Waals surface area contributed by atoms with E-state index in [1.807, 2.05) is 5.38 Å². The molecule has 0 saturated heterocycles. The number of nitrogens with one attached hydrogen (secondary N) is 2. The van der Waals surface area contributed by atoms with Crippen LogP contribution in [-0.2, 0) is 10.5 Å². The van der Waals surface area contributed by atoms with Gasteiger partial charge in [0.2, 0.25) is 11.1 Å². The zero-order valence-corrected chi connectivity index (χ0v) is 15.8. The molecule has 0 aliphatic heterocycles. The number of halogens is 1. The minimum atomic E-state index is -0.136. The van der Waals surface area contributed by atoms with Crippen LogP contribution < -0.4 is 10.1 Å². The molecular formula is C15H14ClN5O2S2. The Labute approximate surface area is 157 Å². The Balaban J connectivity index is 1.69. The molecule has 0 unspecified atom stereocenters. The van der Waals surface area contributed by atoms with E-state index in [9.17, 15) is 4.79 Å². The third-order valence-electron chi connectivity index (χ3n) is 3.07. The lowest BCUT2D eigenvalue weighted by molar-refractivity contribution is -0.114. The summed E-state index contributed by atoms with van der Waals surface area (Å²) < 4.78 is 5.33. The third kappa shape index (κ3) is 4.50. The molecule has 0 bridgehead atoms. The first-order valence-corrected chi connectivity index (χ1v) is 9.40. The highest BCUT2D eigenvalue weighted by molar-refractivity contribution is 7.98. The van der Waals surface area contributed by atoms with E-state index in [2.05, 4.69) is 25.5 Å². The van der Waals surface area contributed by atoms with Crippen LogP contribution in [0.25, 0.3) is 11.4 Å². The van der Waals surface area contributed by atoms with E-state index in [-0.39, 0.29) is 5.91 Å². The summed E-state index contributed by atoms with van der Waals surface area (Å²) in [6.45, 7) is 1.45. The van der Waals surface area contributed by atoms with E-state index in [0.717, 1.165) is 11.3 Å². The van der Waals surface area contributed by atoms with Gasteiger partial charge in [-0.1, -0.05) is 23.4 Å². The molecule has 2 aromatic heterocycles. The molecule has 0 aliphatic rings. The predicted octanol–water partition coefficient (Wildman–Crippen LogP) is 3.84. The van der Waals surface area contributed by atoms with Gasteiger partial charge in [-0.2, -0.15) is 0 Å². The number of hydrogen-bond acceptors (Lipinski definition) is 7. The second-order valence-corrected chi connectivity index (χ2v) is 7.16. The van der Waals surface area contributed by atoms with Gasteiger partial charge in [0.1, 0.15) is 5.75 Å². The fourth-order valence-corrected chi connectivity index (χ4v) is 3.74. The van der Waals surface area contributed by atoms with Crippen molar-refractivity contribution in [3.63, 3.8) is 0 Å². The number of amides is 1. The average molecular weight is 396 g/mol. The van der Waals surface area contributed by atoms with Gasteiger partial charge < -0.3 is 10.1 Å². The summed E-state index contributed by atoms with van der Waals surface area (Å²) in [7, 11) is 1.59. The van der Waals surface area contributed by atoms with Gasteiger partial charge in [-0.05, 0) is 18.2 Å². The van der Waals surface area contributed by atoms with Gasteiger partial charge in [0.05, 0.1) is 18.4 Å². The first-order valence-electron chi connectivity index (χ1n) is 7.16. The number of aromatic amines is 1. The van der Waals surface area contributed by atoms with Crippen LogP contribution in [0.3, 0.4) is 0 Å². The molecule has 0 atom stereocenters. The molecule has 0 aliphatic carbocycles. The predicted molar refractivity (Wildman–Crippen MR) is 99.4 cm³/mol. The maximum absolute atomic E-state index is 11.0. The molecule has 7 nitrogen and oxygen atoms in total. The van der Waals surface area contributed by atoms with Crippen molar-refractivity contribution < 1.29 is 9.53 Å². The number of thioether (sulfide) groups is 1. The molecule has 25 heavy (non-hydrogen) atoms. The number of hydrogen-bond donors (Lipinski definition) is 2. The van der Waals surface area contributed by atoms with Crippen LogP contribution in [0.1, 0.15) is 12.6 Å². The molecule has 2 N–H and O–H groups in total. The highest BCUT2D eigenvalue weighted by atomic mass is 35.5. The third-order valence-corrected chi connectivity index (χ3v) is 4.99. The van der Waals surface area contributed by atoms with Crippen molar-refractivity contribution in [2.45, 2.75) is 17.8 Å².